The normalized spacial score (nSPS) is 12.3. The average Bonchev–Trinajstić information content (AvgIpc) is 2.56. The minimum atomic E-state index is -0.670. The number of unbranched alkanes of at least 4 members (excludes halogenated alkanes) is 3. The second-order valence-corrected chi connectivity index (χ2v) is 7.38. The predicted molar refractivity (Wildman–Crippen MR) is 104 cm³/mol. The first-order valence-electron chi connectivity index (χ1n) is 9.33. The van der Waals surface area contributed by atoms with E-state index >= 15 is 0 Å². The van der Waals surface area contributed by atoms with Gasteiger partial charge < -0.3 is 21.1 Å². The Morgan fingerprint density at radius 1 is 1.08 bits per heavy atom. The van der Waals surface area contributed by atoms with E-state index in [2.05, 4.69) is 10.6 Å². The molecule has 0 aliphatic carbocycles. The second-order valence-electron chi connectivity index (χ2n) is 7.38. The summed E-state index contributed by atoms with van der Waals surface area (Å²) in [5.74, 6) is -0.196. The van der Waals surface area contributed by atoms with Gasteiger partial charge in [0.15, 0.2) is 0 Å². The molecule has 1 unspecified atom stereocenters. The first-order valence-corrected chi connectivity index (χ1v) is 9.33. The molecular formula is C20H33N3O3. The lowest BCUT2D eigenvalue weighted by atomic mass is 10.1. The van der Waals surface area contributed by atoms with Crippen LogP contribution in [0.2, 0.25) is 0 Å². The summed E-state index contributed by atoms with van der Waals surface area (Å²) in [5, 5.41) is 5.60. The van der Waals surface area contributed by atoms with Crippen LogP contribution in [0.25, 0.3) is 0 Å². The Kier molecular flexibility index (Phi) is 9.73. The van der Waals surface area contributed by atoms with E-state index in [1.807, 2.05) is 30.3 Å². The number of nitrogens with two attached hydrogens (primary N) is 1. The van der Waals surface area contributed by atoms with Crippen LogP contribution in [-0.4, -0.2) is 36.7 Å². The summed E-state index contributed by atoms with van der Waals surface area (Å²) in [6, 6.07) is 8.94. The van der Waals surface area contributed by atoms with Crippen molar-refractivity contribution in [2.45, 2.75) is 64.5 Å². The number of carbonyl (C=O) groups is 2. The van der Waals surface area contributed by atoms with Crippen LogP contribution >= 0.6 is 0 Å². The highest BCUT2D eigenvalue weighted by Gasteiger charge is 2.24. The Labute approximate surface area is 156 Å². The first-order chi connectivity index (χ1) is 12.3. The van der Waals surface area contributed by atoms with E-state index in [4.69, 9.17) is 10.5 Å². The number of carbonyl (C=O) groups excluding carboxylic acids is 2. The molecule has 2 amide bonds. The van der Waals surface area contributed by atoms with Gasteiger partial charge in [-0.2, -0.15) is 0 Å². The minimum absolute atomic E-state index is 0.196. The van der Waals surface area contributed by atoms with Crippen molar-refractivity contribution in [1.29, 1.82) is 0 Å². The lowest BCUT2D eigenvalue weighted by molar-refractivity contribution is -0.123. The molecule has 0 aromatic heterocycles. The molecule has 6 heteroatoms. The molecular weight excluding hydrogens is 330 g/mol. The van der Waals surface area contributed by atoms with Crippen molar-refractivity contribution in [2.24, 2.45) is 5.73 Å². The van der Waals surface area contributed by atoms with E-state index in [0.29, 0.717) is 19.5 Å². The summed E-state index contributed by atoms with van der Waals surface area (Å²) < 4.78 is 5.28. The molecule has 0 radical (unpaired) electrons. The molecule has 0 spiro atoms. The summed E-state index contributed by atoms with van der Waals surface area (Å²) in [5.41, 5.74) is 5.84. The van der Waals surface area contributed by atoms with E-state index < -0.39 is 17.7 Å². The monoisotopic (exact) mass is 363 g/mol. The smallest absolute Gasteiger partial charge is 0.408 e. The Bertz CT molecular complexity index is 541. The molecule has 0 saturated heterocycles. The number of nitrogens with one attached hydrogen (secondary N) is 2. The quantitative estimate of drug-likeness (QED) is 0.557. The van der Waals surface area contributed by atoms with Crippen molar-refractivity contribution in [2.75, 3.05) is 13.1 Å². The molecule has 1 aromatic carbocycles. The Morgan fingerprint density at radius 3 is 2.35 bits per heavy atom. The standard InChI is InChI=1S/C20H33N3O3/c1-20(2,3)26-19(25)23-17(15-16-11-7-6-8-12-16)18(24)22-14-10-5-4-9-13-21/h6-8,11-12,17H,4-5,9-10,13-15,21H2,1-3H3,(H,22,24)(H,23,25). The van der Waals surface area contributed by atoms with Crippen LogP contribution in [0.3, 0.4) is 0 Å². The van der Waals surface area contributed by atoms with Crippen molar-refractivity contribution in [3.05, 3.63) is 35.9 Å². The van der Waals surface area contributed by atoms with Crippen molar-refractivity contribution >= 4 is 12.0 Å². The fourth-order valence-corrected chi connectivity index (χ4v) is 2.47. The maximum atomic E-state index is 12.5. The fraction of sp³-hybridized carbons (Fsp3) is 0.600. The van der Waals surface area contributed by atoms with Gasteiger partial charge in [-0.05, 0) is 45.7 Å². The van der Waals surface area contributed by atoms with E-state index in [-0.39, 0.29) is 5.91 Å². The van der Waals surface area contributed by atoms with Gasteiger partial charge in [0.1, 0.15) is 11.6 Å². The molecule has 0 aliphatic rings. The summed E-state index contributed by atoms with van der Waals surface area (Å²) >= 11 is 0. The van der Waals surface area contributed by atoms with Gasteiger partial charge in [-0.1, -0.05) is 43.2 Å². The van der Waals surface area contributed by atoms with Gasteiger partial charge in [0.05, 0.1) is 0 Å². The van der Waals surface area contributed by atoms with E-state index in [1.54, 1.807) is 20.8 Å². The third-order valence-corrected chi connectivity index (χ3v) is 3.72. The molecule has 0 bridgehead atoms. The van der Waals surface area contributed by atoms with Crippen molar-refractivity contribution in [3.8, 4) is 0 Å². The summed E-state index contributed by atoms with van der Waals surface area (Å²) in [6.45, 7) is 6.66. The van der Waals surface area contributed by atoms with Crippen LogP contribution < -0.4 is 16.4 Å². The number of hydrogen-bond donors (Lipinski definition) is 3. The highest BCUT2D eigenvalue weighted by atomic mass is 16.6. The molecule has 0 saturated carbocycles. The van der Waals surface area contributed by atoms with Crippen molar-refractivity contribution in [1.82, 2.24) is 10.6 Å². The average molecular weight is 364 g/mol. The van der Waals surface area contributed by atoms with Gasteiger partial charge in [-0.15, -0.1) is 0 Å². The number of rotatable bonds is 10. The van der Waals surface area contributed by atoms with Crippen LogP contribution in [0.5, 0.6) is 0 Å². The summed E-state index contributed by atoms with van der Waals surface area (Å²) in [7, 11) is 0. The fourth-order valence-electron chi connectivity index (χ4n) is 2.47. The Balaban J connectivity index is 2.58. The minimum Gasteiger partial charge on any atom is -0.444 e. The molecule has 1 rings (SSSR count). The lowest BCUT2D eigenvalue weighted by Crippen LogP contribution is -2.49. The zero-order chi connectivity index (χ0) is 19.4. The van der Waals surface area contributed by atoms with E-state index in [1.165, 1.54) is 0 Å². The summed E-state index contributed by atoms with van der Waals surface area (Å²) in [6.07, 6.45) is 3.83. The van der Waals surface area contributed by atoms with Gasteiger partial charge in [-0.3, -0.25) is 4.79 Å². The molecule has 0 aliphatic heterocycles. The van der Waals surface area contributed by atoms with Gasteiger partial charge in [0.2, 0.25) is 5.91 Å². The second kappa shape index (κ2) is 11.5. The third-order valence-electron chi connectivity index (χ3n) is 3.72. The van der Waals surface area contributed by atoms with Gasteiger partial charge in [-0.25, -0.2) is 4.79 Å². The molecule has 1 aromatic rings. The number of ether oxygens (including phenoxy) is 1. The van der Waals surface area contributed by atoms with Crippen LogP contribution in [0.4, 0.5) is 4.79 Å². The van der Waals surface area contributed by atoms with Crippen molar-refractivity contribution in [3.63, 3.8) is 0 Å². The maximum Gasteiger partial charge on any atom is 0.408 e. The number of alkyl carbamates (subject to hydrolysis) is 1. The molecule has 6 nitrogen and oxygen atoms in total. The van der Waals surface area contributed by atoms with E-state index in [9.17, 15) is 9.59 Å². The van der Waals surface area contributed by atoms with Gasteiger partial charge in [0.25, 0.3) is 0 Å². The third kappa shape index (κ3) is 10.0. The van der Waals surface area contributed by atoms with E-state index in [0.717, 1.165) is 31.2 Å². The molecule has 146 valence electrons. The molecule has 0 fully saturated rings. The number of benzene rings is 1. The zero-order valence-corrected chi connectivity index (χ0v) is 16.2. The van der Waals surface area contributed by atoms with Crippen LogP contribution in [0.1, 0.15) is 52.0 Å². The maximum absolute atomic E-state index is 12.5. The Hall–Kier alpha value is -2.08. The van der Waals surface area contributed by atoms with Gasteiger partial charge in [0, 0.05) is 13.0 Å². The predicted octanol–water partition coefficient (Wildman–Crippen LogP) is 2.76. The molecule has 0 heterocycles. The SMILES string of the molecule is CC(C)(C)OC(=O)NC(Cc1ccccc1)C(=O)NCCCCCCN. The summed E-state index contributed by atoms with van der Waals surface area (Å²) in [4.78, 5) is 24.6. The molecule has 26 heavy (non-hydrogen) atoms. The van der Waals surface area contributed by atoms with Crippen LogP contribution in [0.15, 0.2) is 30.3 Å². The number of hydrogen-bond acceptors (Lipinski definition) is 4. The lowest BCUT2D eigenvalue weighted by Gasteiger charge is -2.23. The molecule has 1 atom stereocenters. The Morgan fingerprint density at radius 2 is 1.73 bits per heavy atom. The highest BCUT2D eigenvalue weighted by molar-refractivity contribution is 5.86. The molecule has 4 N–H and O–H groups in total. The topological polar surface area (TPSA) is 93.4 Å². The van der Waals surface area contributed by atoms with Crippen LogP contribution in [0, 0.1) is 0 Å². The number of amides is 2. The first kappa shape index (κ1) is 22.0. The largest absolute Gasteiger partial charge is 0.444 e. The zero-order valence-electron chi connectivity index (χ0n) is 16.2. The van der Waals surface area contributed by atoms with Crippen molar-refractivity contribution < 1.29 is 14.3 Å². The van der Waals surface area contributed by atoms with Crippen LogP contribution in [-0.2, 0) is 16.0 Å². The van der Waals surface area contributed by atoms with Gasteiger partial charge >= 0.3 is 6.09 Å². The highest BCUT2D eigenvalue weighted by Crippen LogP contribution is 2.09.